The molecule has 3 aliphatic heterocycles. The van der Waals surface area contributed by atoms with E-state index in [1.807, 2.05) is 24.7 Å². The van der Waals surface area contributed by atoms with Crippen LogP contribution in [0.3, 0.4) is 0 Å². The maximum atomic E-state index is 11.4. The van der Waals surface area contributed by atoms with Crippen LogP contribution < -0.4 is 20.5 Å². The number of phenolic OH excluding ortho intramolecular Hbond substituents is 1. The first-order valence-electron chi connectivity index (χ1n) is 8.92. The van der Waals surface area contributed by atoms with Crippen molar-refractivity contribution in [2.45, 2.75) is 30.7 Å². The van der Waals surface area contributed by atoms with E-state index in [2.05, 4.69) is 15.2 Å². The number of phenols is 1. The zero-order chi connectivity index (χ0) is 19.1. The zero-order valence-electron chi connectivity index (χ0n) is 15.4. The number of benzene rings is 1. The zero-order valence-corrected chi connectivity index (χ0v) is 15.4. The quantitative estimate of drug-likeness (QED) is 0.502. The highest BCUT2D eigenvalue weighted by Gasteiger charge is 2.71. The third-order valence-corrected chi connectivity index (χ3v) is 6.29. The fraction of sp³-hybridized carbons (Fsp3) is 0.500. The molecule has 2 saturated heterocycles. The van der Waals surface area contributed by atoms with Crippen molar-refractivity contribution in [1.29, 1.82) is 0 Å². The minimum absolute atomic E-state index is 0.0596. The van der Waals surface area contributed by atoms with Crippen molar-refractivity contribution in [3.05, 3.63) is 23.5 Å². The number of ether oxygens (including phenoxy) is 2. The molecule has 4 N–H and O–H groups in total. The number of aromatic nitrogens is 2. The molecule has 2 aromatic rings. The number of aromatic hydroxyl groups is 1. The maximum absolute atomic E-state index is 11.4. The number of nitrogens with zero attached hydrogens (tertiary/aromatic N) is 3. The monoisotopic (exact) mass is 372 g/mol. The molecule has 5 rings (SSSR count). The van der Waals surface area contributed by atoms with Crippen molar-refractivity contribution in [1.82, 2.24) is 10.3 Å². The predicted octanol–water partition coefficient (Wildman–Crippen LogP) is -0.231. The lowest BCUT2D eigenvalue weighted by Crippen LogP contribution is -2.54. The van der Waals surface area contributed by atoms with Crippen LogP contribution in [-0.4, -0.2) is 54.3 Å². The largest absolute Gasteiger partial charge is 0.505 e. The average molecular weight is 372 g/mol. The van der Waals surface area contributed by atoms with E-state index in [0.717, 1.165) is 22.3 Å². The van der Waals surface area contributed by atoms with Gasteiger partial charge in [0.2, 0.25) is 5.52 Å². The highest BCUT2D eigenvalue weighted by molar-refractivity contribution is 5.93. The standard InChI is InChI=1S/C18H21N5O4/c1-8-12-13(22(2)5-4-20-12)11-9(7-27-17(19)25)18(26-3)16-10(21-16)6-23(18)14(11)15(8)24/h4-5,9-10,16,21H,6-7H2,1-3H3,(H2-,19,20,24,25)/p+1/t9-,10+,16+,18-/m1/s1. The van der Waals surface area contributed by atoms with Crippen molar-refractivity contribution in [2.24, 2.45) is 12.8 Å². The van der Waals surface area contributed by atoms with Gasteiger partial charge in [0.05, 0.1) is 29.4 Å². The summed E-state index contributed by atoms with van der Waals surface area (Å²) < 4.78 is 13.3. The molecule has 2 fully saturated rings. The third kappa shape index (κ3) is 1.87. The Bertz CT molecular complexity index is 996. The Labute approximate surface area is 155 Å². The van der Waals surface area contributed by atoms with Crippen LogP contribution in [0.5, 0.6) is 5.75 Å². The lowest BCUT2D eigenvalue weighted by Gasteiger charge is -2.38. The van der Waals surface area contributed by atoms with Crippen molar-refractivity contribution < 1.29 is 23.9 Å². The number of anilines is 1. The molecule has 0 bridgehead atoms. The van der Waals surface area contributed by atoms with E-state index in [4.69, 9.17) is 15.2 Å². The molecule has 27 heavy (non-hydrogen) atoms. The first-order valence-corrected chi connectivity index (χ1v) is 8.92. The smallest absolute Gasteiger partial charge is 0.404 e. The molecule has 1 aromatic heterocycles. The number of rotatable bonds is 3. The minimum atomic E-state index is -0.831. The van der Waals surface area contributed by atoms with Crippen LogP contribution in [0.1, 0.15) is 17.0 Å². The SMILES string of the molecule is CO[C@@]12[C@H](COC(N)=O)c3c(c(O)c(C)c4ncc[n+](C)c34)N1C[C@@H]1N[C@@H]12. The topological polar surface area (TPSA) is 124 Å². The number of fused-ring (bicyclic) bond motifs is 7. The van der Waals surface area contributed by atoms with Gasteiger partial charge in [-0.15, -0.1) is 0 Å². The second kappa shape index (κ2) is 5.20. The molecule has 0 spiro atoms. The number of piperazine rings is 1. The third-order valence-electron chi connectivity index (χ3n) is 6.29. The van der Waals surface area contributed by atoms with Crippen LogP contribution in [0.15, 0.2) is 12.4 Å². The van der Waals surface area contributed by atoms with Gasteiger partial charge in [0, 0.05) is 25.3 Å². The van der Waals surface area contributed by atoms with E-state index in [1.54, 1.807) is 13.3 Å². The van der Waals surface area contributed by atoms with Crippen LogP contribution in [0.25, 0.3) is 11.0 Å². The Morgan fingerprint density at radius 1 is 1.59 bits per heavy atom. The van der Waals surface area contributed by atoms with E-state index >= 15 is 0 Å². The molecule has 9 nitrogen and oxygen atoms in total. The van der Waals surface area contributed by atoms with Gasteiger partial charge in [-0.2, -0.15) is 4.57 Å². The number of carbonyl (C=O) groups is 1. The van der Waals surface area contributed by atoms with Gasteiger partial charge < -0.3 is 30.5 Å². The second-order valence-electron chi connectivity index (χ2n) is 7.47. The molecular weight excluding hydrogens is 350 g/mol. The second-order valence-corrected chi connectivity index (χ2v) is 7.47. The van der Waals surface area contributed by atoms with Crippen LogP contribution in [0, 0.1) is 6.92 Å². The maximum Gasteiger partial charge on any atom is 0.404 e. The average Bonchev–Trinajstić information content (AvgIpc) is 3.25. The number of nitrogens with one attached hydrogen (secondary N) is 1. The van der Waals surface area contributed by atoms with Crippen LogP contribution in [0.4, 0.5) is 10.5 Å². The first-order chi connectivity index (χ1) is 12.9. The number of amides is 1. The summed E-state index contributed by atoms with van der Waals surface area (Å²) in [6.07, 6.45) is 2.74. The fourth-order valence-electron chi connectivity index (χ4n) is 5.11. The summed E-state index contributed by atoms with van der Waals surface area (Å²) >= 11 is 0. The summed E-state index contributed by atoms with van der Waals surface area (Å²) in [5.74, 6) is -0.125. The Morgan fingerprint density at radius 3 is 3.07 bits per heavy atom. The highest BCUT2D eigenvalue weighted by Crippen LogP contribution is 2.61. The number of hydrogen-bond acceptors (Lipinski definition) is 7. The van der Waals surface area contributed by atoms with Gasteiger partial charge in [-0.05, 0) is 6.92 Å². The lowest BCUT2D eigenvalue weighted by molar-refractivity contribution is -0.645. The summed E-state index contributed by atoms with van der Waals surface area (Å²) in [6.45, 7) is 2.63. The molecule has 0 unspecified atom stereocenters. The molecule has 4 heterocycles. The van der Waals surface area contributed by atoms with Gasteiger partial charge in [-0.3, -0.25) is 0 Å². The van der Waals surface area contributed by atoms with Gasteiger partial charge >= 0.3 is 6.09 Å². The number of carbonyl (C=O) groups excluding carboxylic acids is 1. The molecule has 1 aromatic carbocycles. The molecule has 3 aliphatic rings. The number of methoxy groups -OCH3 is 1. The number of nitrogens with two attached hydrogens (primary N) is 1. The molecule has 0 saturated carbocycles. The first kappa shape index (κ1) is 16.5. The summed E-state index contributed by atoms with van der Waals surface area (Å²) in [6, 6.07) is 0.375. The normalized spacial score (nSPS) is 30.2. The van der Waals surface area contributed by atoms with Crippen molar-refractivity contribution >= 4 is 22.8 Å². The fourth-order valence-corrected chi connectivity index (χ4v) is 5.11. The molecule has 9 heteroatoms. The Hall–Kier alpha value is -2.65. The lowest BCUT2D eigenvalue weighted by atomic mass is 9.88. The predicted molar refractivity (Wildman–Crippen MR) is 95.4 cm³/mol. The highest BCUT2D eigenvalue weighted by atomic mass is 16.6. The number of hydrogen-bond donors (Lipinski definition) is 3. The molecule has 0 radical (unpaired) electrons. The van der Waals surface area contributed by atoms with Gasteiger partial charge in [0.1, 0.15) is 24.9 Å². The summed E-state index contributed by atoms with van der Waals surface area (Å²) in [5, 5.41) is 14.5. The molecule has 142 valence electrons. The number of primary amides is 1. The molecule has 4 atom stereocenters. The van der Waals surface area contributed by atoms with E-state index in [1.165, 1.54) is 0 Å². The summed E-state index contributed by atoms with van der Waals surface area (Å²) in [5.41, 5.74) is 8.44. The van der Waals surface area contributed by atoms with Gasteiger partial charge in [0.25, 0.3) is 0 Å². The van der Waals surface area contributed by atoms with E-state index in [-0.39, 0.29) is 30.4 Å². The van der Waals surface area contributed by atoms with E-state index < -0.39 is 11.8 Å². The molecule has 1 amide bonds. The van der Waals surface area contributed by atoms with Crippen molar-refractivity contribution in [3.8, 4) is 5.75 Å². The Balaban J connectivity index is 1.83. The summed E-state index contributed by atoms with van der Waals surface area (Å²) in [4.78, 5) is 18.0. The van der Waals surface area contributed by atoms with E-state index in [9.17, 15) is 9.90 Å². The van der Waals surface area contributed by atoms with Crippen LogP contribution >= 0.6 is 0 Å². The number of aryl methyl sites for hydroxylation is 2. The Morgan fingerprint density at radius 2 is 2.37 bits per heavy atom. The molecular formula is C18H22N5O4+. The van der Waals surface area contributed by atoms with Gasteiger partial charge in [-0.25, -0.2) is 9.78 Å². The van der Waals surface area contributed by atoms with Gasteiger partial charge in [-0.1, -0.05) is 0 Å². The van der Waals surface area contributed by atoms with Crippen LogP contribution in [0.2, 0.25) is 0 Å². The minimum Gasteiger partial charge on any atom is -0.505 e. The summed E-state index contributed by atoms with van der Waals surface area (Å²) in [7, 11) is 3.59. The Kier molecular flexibility index (Phi) is 3.18. The van der Waals surface area contributed by atoms with Crippen molar-refractivity contribution in [3.63, 3.8) is 0 Å². The van der Waals surface area contributed by atoms with Crippen molar-refractivity contribution in [2.75, 3.05) is 25.2 Å². The van der Waals surface area contributed by atoms with Gasteiger partial charge in [0.15, 0.2) is 11.9 Å². The molecule has 0 aliphatic carbocycles. The van der Waals surface area contributed by atoms with E-state index in [0.29, 0.717) is 12.1 Å². The van der Waals surface area contributed by atoms with Crippen LogP contribution in [-0.2, 0) is 16.5 Å².